The highest BCUT2D eigenvalue weighted by Crippen LogP contribution is 2.30. The number of nitrogens with one attached hydrogen (secondary N) is 1. The summed E-state index contributed by atoms with van der Waals surface area (Å²) in [4.78, 5) is 0. The van der Waals surface area contributed by atoms with Crippen LogP contribution in [0.4, 0.5) is 0 Å². The molecular formula is C16H21NO2. The van der Waals surface area contributed by atoms with Crippen LogP contribution in [0.5, 0.6) is 11.5 Å². The molecule has 1 aromatic rings. The molecule has 0 fully saturated rings. The van der Waals surface area contributed by atoms with E-state index in [2.05, 4.69) is 17.5 Å². The summed E-state index contributed by atoms with van der Waals surface area (Å²) in [5.74, 6) is 2.50. The smallest absolute Gasteiger partial charge is 0.161 e. The zero-order valence-corrected chi connectivity index (χ0v) is 11.2. The van der Waals surface area contributed by atoms with Crippen LogP contribution < -0.4 is 14.8 Å². The zero-order chi connectivity index (χ0) is 12.9. The number of para-hydroxylation sites is 2. The lowest BCUT2D eigenvalue weighted by molar-refractivity contribution is 0.0896. The lowest BCUT2D eigenvalue weighted by Crippen LogP contribution is -2.40. The van der Waals surface area contributed by atoms with Crippen molar-refractivity contribution < 1.29 is 9.47 Å². The van der Waals surface area contributed by atoms with E-state index < -0.39 is 0 Å². The Morgan fingerprint density at radius 2 is 2.00 bits per heavy atom. The van der Waals surface area contributed by atoms with Crippen molar-refractivity contribution in [1.29, 1.82) is 0 Å². The lowest BCUT2D eigenvalue weighted by Gasteiger charge is -2.27. The van der Waals surface area contributed by atoms with Crippen LogP contribution in [-0.2, 0) is 0 Å². The minimum absolute atomic E-state index is 0.119. The molecule has 1 N–H and O–H groups in total. The summed E-state index contributed by atoms with van der Waals surface area (Å²) in [5.41, 5.74) is 0. The monoisotopic (exact) mass is 259 g/mol. The average molecular weight is 259 g/mol. The van der Waals surface area contributed by atoms with Crippen LogP contribution in [-0.4, -0.2) is 25.8 Å². The van der Waals surface area contributed by atoms with Crippen LogP contribution in [0.15, 0.2) is 36.4 Å². The van der Waals surface area contributed by atoms with Gasteiger partial charge in [-0.15, -0.1) is 0 Å². The molecule has 0 saturated carbocycles. The summed E-state index contributed by atoms with van der Waals surface area (Å²) in [6.45, 7) is 2.56. The third-order valence-corrected chi connectivity index (χ3v) is 3.75. The number of allylic oxidation sites excluding steroid dienone is 2. The largest absolute Gasteiger partial charge is 0.486 e. The predicted octanol–water partition coefficient (Wildman–Crippen LogP) is 2.77. The molecular weight excluding hydrogens is 238 g/mol. The molecule has 102 valence electrons. The topological polar surface area (TPSA) is 30.5 Å². The maximum atomic E-state index is 5.92. The molecule has 2 unspecified atom stereocenters. The van der Waals surface area contributed by atoms with Gasteiger partial charge in [-0.2, -0.15) is 0 Å². The molecule has 2 atom stereocenters. The Morgan fingerprint density at radius 1 is 1.11 bits per heavy atom. The van der Waals surface area contributed by atoms with Crippen molar-refractivity contribution in [3.8, 4) is 11.5 Å². The predicted molar refractivity (Wildman–Crippen MR) is 75.7 cm³/mol. The first-order valence-electron chi connectivity index (χ1n) is 7.16. The van der Waals surface area contributed by atoms with Gasteiger partial charge in [0.1, 0.15) is 12.7 Å². The third-order valence-electron chi connectivity index (χ3n) is 3.75. The summed E-state index contributed by atoms with van der Waals surface area (Å²) in [5, 5.41) is 3.52. The Morgan fingerprint density at radius 3 is 2.84 bits per heavy atom. The molecule has 19 heavy (non-hydrogen) atoms. The van der Waals surface area contributed by atoms with Crippen molar-refractivity contribution in [2.45, 2.75) is 25.4 Å². The quantitative estimate of drug-likeness (QED) is 0.843. The lowest BCUT2D eigenvalue weighted by atomic mass is 9.94. The highest BCUT2D eigenvalue weighted by Gasteiger charge is 2.20. The summed E-state index contributed by atoms with van der Waals surface area (Å²) in [6, 6.07) is 7.87. The molecule has 1 aliphatic carbocycles. The molecule has 1 aromatic carbocycles. The Balaban J connectivity index is 1.43. The fraction of sp³-hybridized carbons (Fsp3) is 0.500. The molecule has 0 aromatic heterocycles. The first kappa shape index (κ1) is 12.5. The Labute approximate surface area is 114 Å². The van der Waals surface area contributed by atoms with Gasteiger partial charge >= 0.3 is 0 Å². The summed E-state index contributed by atoms with van der Waals surface area (Å²) < 4.78 is 11.6. The number of rotatable bonds is 4. The minimum atomic E-state index is 0.119. The molecule has 1 heterocycles. The van der Waals surface area contributed by atoms with Crippen molar-refractivity contribution in [3.05, 3.63) is 36.4 Å². The van der Waals surface area contributed by atoms with E-state index in [1.807, 2.05) is 24.3 Å². The van der Waals surface area contributed by atoms with Gasteiger partial charge in [0.05, 0.1) is 0 Å². The average Bonchev–Trinajstić information content (AvgIpc) is 2.48. The molecule has 3 heteroatoms. The summed E-state index contributed by atoms with van der Waals surface area (Å²) in [7, 11) is 0. The van der Waals surface area contributed by atoms with E-state index in [0.29, 0.717) is 6.61 Å². The Hall–Kier alpha value is -1.48. The highest BCUT2D eigenvalue weighted by molar-refractivity contribution is 5.40. The van der Waals surface area contributed by atoms with Crippen LogP contribution in [0.2, 0.25) is 0 Å². The molecule has 3 rings (SSSR count). The summed E-state index contributed by atoms with van der Waals surface area (Å²) in [6.07, 6.45) is 8.43. The molecule has 0 bridgehead atoms. The number of hydrogen-bond acceptors (Lipinski definition) is 3. The normalized spacial score (nSPS) is 25.3. The van der Waals surface area contributed by atoms with Gasteiger partial charge in [0.15, 0.2) is 11.5 Å². The van der Waals surface area contributed by atoms with Gasteiger partial charge in [-0.1, -0.05) is 24.3 Å². The van der Waals surface area contributed by atoms with Crippen molar-refractivity contribution in [2.24, 2.45) is 5.92 Å². The molecule has 1 aliphatic heterocycles. The van der Waals surface area contributed by atoms with Crippen LogP contribution in [0.1, 0.15) is 19.3 Å². The molecule has 2 aliphatic rings. The maximum Gasteiger partial charge on any atom is 0.161 e. The van der Waals surface area contributed by atoms with Crippen molar-refractivity contribution >= 4 is 0 Å². The van der Waals surface area contributed by atoms with Crippen molar-refractivity contribution in [3.63, 3.8) is 0 Å². The number of fused-ring (bicyclic) bond motifs is 1. The molecule has 0 radical (unpaired) electrons. The summed E-state index contributed by atoms with van der Waals surface area (Å²) >= 11 is 0. The minimum Gasteiger partial charge on any atom is -0.486 e. The first-order valence-corrected chi connectivity index (χ1v) is 7.16. The van der Waals surface area contributed by atoms with Crippen LogP contribution >= 0.6 is 0 Å². The zero-order valence-electron chi connectivity index (χ0n) is 11.2. The van der Waals surface area contributed by atoms with Gasteiger partial charge in [-0.05, 0) is 43.9 Å². The fourth-order valence-electron chi connectivity index (χ4n) is 2.65. The molecule has 0 spiro atoms. The van der Waals surface area contributed by atoms with Crippen molar-refractivity contribution in [2.75, 3.05) is 19.7 Å². The molecule has 0 amide bonds. The second-order valence-corrected chi connectivity index (χ2v) is 5.31. The van der Waals surface area contributed by atoms with Gasteiger partial charge in [0.2, 0.25) is 0 Å². The van der Waals surface area contributed by atoms with E-state index in [4.69, 9.17) is 9.47 Å². The van der Waals surface area contributed by atoms with E-state index in [0.717, 1.165) is 30.5 Å². The van der Waals surface area contributed by atoms with Crippen molar-refractivity contribution in [1.82, 2.24) is 5.32 Å². The second-order valence-electron chi connectivity index (χ2n) is 5.31. The Kier molecular flexibility index (Phi) is 4.04. The maximum absolute atomic E-state index is 5.92. The number of benzene rings is 1. The van der Waals surface area contributed by atoms with Gasteiger partial charge in [0, 0.05) is 6.54 Å². The third kappa shape index (κ3) is 3.29. The molecule has 0 saturated heterocycles. The van der Waals surface area contributed by atoms with E-state index in [9.17, 15) is 0 Å². The number of hydrogen-bond donors (Lipinski definition) is 1. The first-order chi connectivity index (χ1) is 9.42. The van der Waals surface area contributed by atoms with Gasteiger partial charge in [-0.3, -0.25) is 0 Å². The van der Waals surface area contributed by atoms with Crippen LogP contribution in [0.25, 0.3) is 0 Å². The van der Waals surface area contributed by atoms with Gasteiger partial charge < -0.3 is 14.8 Å². The van der Waals surface area contributed by atoms with E-state index in [-0.39, 0.29) is 6.10 Å². The van der Waals surface area contributed by atoms with Gasteiger partial charge in [-0.25, -0.2) is 0 Å². The molecule has 3 nitrogen and oxygen atoms in total. The van der Waals surface area contributed by atoms with E-state index >= 15 is 0 Å². The van der Waals surface area contributed by atoms with Gasteiger partial charge in [0.25, 0.3) is 0 Å². The standard InChI is InChI=1S/C16H21NO2/c1-2-6-13(7-3-1)10-17-11-14-12-18-15-8-4-5-9-16(15)19-14/h1-2,4-5,8-9,13-14,17H,3,6-7,10-12H2. The SMILES string of the molecule is C1=CCC(CNCC2COc3ccccc3O2)CC1. The number of ether oxygens (including phenoxy) is 2. The van der Waals surface area contributed by atoms with Crippen LogP contribution in [0.3, 0.4) is 0 Å². The van der Waals surface area contributed by atoms with E-state index in [1.54, 1.807) is 0 Å². The van der Waals surface area contributed by atoms with Crippen LogP contribution in [0, 0.1) is 5.92 Å². The fourth-order valence-corrected chi connectivity index (χ4v) is 2.65. The Bertz CT molecular complexity index is 444. The highest BCUT2D eigenvalue weighted by atomic mass is 16.6. The second kappa shape index (κ2) is 6.11. The van der Waals surface area contributed by atoms with E-state index in [1.165, 1.54) is 19.3 Å².